The van der Waals surface area contributed by atoms with Crippen molar-refractivity contribution in [3.05, 3.63) is 34.9 Å². The first-order chi connectivity index (χ1) is 8.74. The molecule has 0 spiro atoms. The van der Waals surface area contributed by atoms with Crippen LogP contribution in [-0.2, 0) is 22.4 Å². The quantitative estimate of drug-likeness (QED) is 0.831. The normalized spacial score (nSPS) is 18.2. The minimum Gasteiger partial charge on any atom is -0.466 e. The summed E-state index contributed by atoms with van der Waals surface area (Å²) in [7, 11) is 0. The molecular weight excluding hydrogens is 228 g/mol. The first-order valence-electron chi connectivity index (χ1n) is 6.62. The standard InChI is InChI=1S/C15H20O3/c1-2-18-15(17)9-11-6-7-14-12(8-11)4-3-5-13(14)10-16/h6-8,13,16H,2-5,9-10H2,1H3. The van der Waals surface area contributed by atoms with Gasteiger partial charge in [0.25, 0.3) is 0 Å². The second kappa shape index (κ2) is 6.01. The summed E-state index contributed by atoms with van der Waals surface area (Å²) in [5.74, 6) is 0.0948. The van der Waals surface area contributed by atoms with Crippen molar-refractivity contribution in [2.45, 2.75) is 38.5 Å². The third-order valence-electron chi connectivity index (χ3n) is 3.52. The zero-order valence-corrected chi connectivity index (χ0v) is 10.8. The molecule has 3 nitrogen and oxygen atoms in total. The number of esters is 1. The Hall–Kier alpha value is -1.35. The molecule has 0 saturated heterocycles. The predicted octanol–water partition coefficient (Wildman–Crippen LogP) is 2.20. The van der Waals surface area contributed by atoms with E-state index in [1.54, 1.807) is 0 Å². The van der Waals surface area contributed by atoms with E-state index in [1.807, 2.05) is 13.0 Å². The van der Waals surface area contributed by atoms with Crippen LogP contribution < -0.4 is 0 Å². The van der Waals surface area contributed by atoms with Gasteiger partial charge < -0.3 is 9.84 Å². The van der Waals surface area contributed by atoms with Gasteiger partial charge in [-0.1, -0.05) is 18.2 Å². The van der Waals surface area contributed by atoms with Crippen LogP contribution in [0.2, 0.25) is 0 Å². The van der Waals surface area contributed by atoms with Crippen LogP contribution in [0.4, 0.5) is 0 Å². The third-order valence-corrected chi connectivity index (χ3v) is 3.52. The highest BCUT2D eigenvalue weighted by Crippen LogP contribution is 2.31. The second-order valence-corrected chi connectivity index (χ2v) is 4.79. The van der Waals surface area contributed by atoms with Gasteiger partial charge >= 0.3 is 5.97 Å². The topological polar surface area (TPSA) is 46.5 Å². The SMILES string of the molecule is CCOC(=O)Cc1ccc2c(c1)CCCC2CO. The highest BCUT2D eigenvalue weighted by molar-refractivity contribution is 5.72. The summed E-state index contributed by atoms with van der Waals surface area (Å²) in [6.45, 7) is 2.46. The molecule has 0 heterocycles. The number of aryl methyl sites for hydroxylation is 1. The Morgan fingerprint density at radius 1 is 1.50 bits per heavy atom. The Labute approximate surface area is 108 Å². The number of carbonyl (C=O) groups excluding carboxylic acids is 1. The Morgan fingerprint density at radius 2 is 2.33 bits per heavy atom. The number of aliphatic hydroxyl groups excluding tert-OH is 1. The Morgan fingerprint density at radius 3 is 3.06 bits per heavy atom. The van der Waals surface area contributed by atoms with E-state index in [2.05, 4.69) is 12.1 Å². The monoisotopic (exact) mass is 248 g/mol. The van der Waals surface area contributed by atoms with Crippen molar-refractivity contribution in [1.82, 2.24) is 0 Å². The zero-order valence-electron chi connectivity index (χ0n) is 10.8. The van der Waals surface area contributed by atoms with Gasteiger partial charge in [0.15, 0.2) is 0 Å². The summed E-state index contributed by atoms with van der Waals surface area (Å²) in [5, 5.41) is 9.35. The summed E-state index contributed by atoms with van der Waals surface area (Å²) < 4.78 is 4.95. The number of fused-ring (bicyclic) bond motifs is 1. The van der Waals surface area contributed by atoms with Crippen LogP contribution in [0.1, 0.15) is 42.4 Å². The Kier molecular flexibility index (Phi) is 4.37. The molecule has 0 bridgehead atoms. The molecule has 1 unspecified atom stereocenters. The number of hydrogen-bond donors (Lipinski definition) is 1. The van der Waals surface area contributed by atoms with Crippen LogP contribution in [-0.4, -0.2) is 24.3 Å². The van der Waals surface area contributed by atoms with E-state index in [0.29, 0.717) is 13.0 Å². The van der Waals surface area contributed by atoms with Gasteiger partial charge in [-0.05, 0) is 42.9 Å². The molecule has 0 fully saturated rings. The average Bonchev–Trinajstić information content (AvgIpc) is 2.38. The third kappa shape index (κ3) is 2.91. The summed E-state index contributed by atoms with van der Waals surface area (Å²) in [6, 6.07) is 6.13. The van der Waals surface area contributed by atoms with E-state index in [-0.39, 0.29) is 18.5 Å². The van der Waals surface area contributed by atoms with Gasteiger partial charge in [0.1, 0.15) is 0 Å². The molecule has 2 rings (SSSR count). The summed E-state index contributed by atoms with van der Waals surface area (Å²) in [5.41, 5.74) is 3.53. The first kappa shape index (κ1) is 13.1. The second-order valence-electron chi connectivity index (χ2n) is 4.79. The van der Waals surface area contributed by atoms with E-state index < -0.39 is 0 Å². The number of carbonyl (C=O) groups is 1. The lowest BCUT2D eigenvalue weighted by Gasteiger charge is -2.24. The Balaban J connectivity index is 2.14. The maximum atomic E-state index is 11.4. The zero-order chi connectivity index (χ0) is 13.0. The van der Waals surface area contributed by atoms with Gasteiger partial charge in [-0.15, -0.1) is 0 Å². The number of hydrogen-bond acceptors (Lipinski definition) is 3. The van der Waals surface area contributed by atoms with Crippen LogP contribution in [0.3, 0.4) is 0 Å². The van der Waals surface area contributed by atoms with Crippen molar-refractivity contribution < 1.29 is 14.6 Å². The van der Waals surface area contributed by atoms with Crippen molar-refractivity contribution in [3.8, 4) is 0 Å². The molecule has 1 aliphatic rings. The van der Waals surface area contributed by atoms with Crippen LogP contribution in [0, 0.1) is 0 Å². The minimum absolute atomic E-state index is 0.174. The van der Waals surface area contributed by atoms with Gasteiger partial charge in [-0.2, -0.15) is 0 Å². The summed E-state index contributed by atoms with van der Waals surface area (Å²) in [4.78, 5) is 11.4. The molecule has 0 aliphatic heterocycles. The molecule has 3 heteroatoms. The summed E-state index contributed by atoms with van der Waals surface area (Å²) >= 11 is 0. The van der Waals surface area contributed by atoms with E-state index in [9.17, 15) is 9.90 Å². The molecule has 98 valence electrons. The van der Waals surface area contributed by atoms with E-state index in [1.165, 1.54) is 11.1 Å². The molecule has 1 N–H and O–H groups in total. The maximum Gasteiger partial charge on any atom is 0.310 e. The van der Waals surface area contributed by atoms with Gasteiger partial charge in [-0.25, -0.2) is 0 Å². The fourth-order valence-electron chi connectivity index (χ4n) is 2.65. The summed E-state index contributed by atoms with van der Waals surface area (Å²) in [6.07, 6.45) is 3.55. The minimum atomic E-state index is -0.174. The van der Waals surface area contributed by atoms with E-state index in [4.69, 9.17) is 4.74 Å². The first-order valence-corrected chi connectivity index (χ1v) is 6.62. The van der Waals surface area contributed by atoms with Crippen LogP contribution in [0.25, 0.3) is 0 Å². The van der Waals surface area contributed by atoms with Crippen molar-refractivity contribution >= 4 is 5.97 Å². The molecule has 1 aromatic rings. The van der Waals surface area contributed by atoms with Crippen molar-refractivity contribution in [1.29, 1.82) is 0 Å². The molecule has 18 heavy (non-hydrogen) atoms. The Bertz CT molecular complexity index is 426. The number of ether oxygens (including phenoxy) is 1. The van der Waals surface area contributed by atoms with Crippen molar-refractivity contribution in [2.24, 2.45) is 0 Å². The molecule has 0 saturated carbocycles. The molecule has 1 atom stereocenters. The highest BCUT2D eigenvalue weighted by atomic mass is 16.5. The molecule has 1 aromatic carbocycles. The molecule has 0 radical (unpaired) electrons. The number of benzene rings is 1. The van der Waals surface area contributed by atoms with Crippen molar-refractivity contribution in [3.63, 3.8) is 0 Å². The van der Waals surface area contributed by atoms with Crippen molar-refractivity contribution in [2.75, 3.05) is 13.2 Å². The fraction of sp³-hybridized carbons (Fsp3) is 0.533. The lowest BCUT2D eigenvalue weighted by atomic mass is 9.82. The van der Waals surface area contributed by atoms with Crippen LogP contribution in [0.15, 0.2) is 18.2 Å². The van der Waals surface area contributed by atoms with Crippen LogP contribution >= 0.6 is 0 Å². The van der Waals surface area contributed by atoms with Gasteiger partial charge in [0, 0.05) is 12.5 Å². The maximum absolute atomic E-state index is 11.4. The highest BCUT2D eigenvalue weighted by Gasteiger charge is 2.19. The predicted molar refractivity (Wildman–Crippen MR) is 69.5 cm³/mol. The van der Waals surface area contributed by atoms with Gasteiger partial charge in [0.2, 0.25) is 0 Å². The van der Waals surface area contributed by atoms with Crippen LogP contribution in [0.5, 0.6) is 0 Å². The molecule has 0 aromatic heterocycles. The number of aliphatic hydroxyl groups is 1. The van der Waals surface area contributed by atoms with Gasteiger partial charge in [-0.3, -0.25) is 4.79 Å². The lowest BCUT2D eigenvalue weighted by molar-refractivity contribution is -0.142. The largest absolute Gasteiger partial charge is 0.466 e. The molecule has 0 amide bonds. The molecular formula is C15H20O3. The van der Waals surface area contributed by atoms with E-state index >= 15 is 0 Å². The van der Waals surface area contributed by atoms with E-state index in [0.717, 1.165) is 24.8 Å². The average molecular weight is 248 g/mol. The number of rotatable bonds is 4. The smallest absolute Gasteiger partial charge is 0.310 e. The molecule has 1 aliphatic carbocycles. The lowest BCUT2D eigenvalue weighted by Crippen LogP contribution is -2.14. The van der Waals surface area contributed by atoms with Gasteiger partial charge in [0.05, 0.1) is 13.0 Å². The fourth-order valence-corrected chi connectivity index (χ4v) is 2.65.